The monoisotopic (exact) mass is 149 g/mol. The lowest BCUT2D eigenvalue weighted by molar-refractivity contribution is 0.314. The summed E-state index contributed by atoms with van der Waals surface area (Å²) < 4.78 is 9.27. The van der Waals surface area contributed by atoms with Gasteiger partial charge in [-0.3, -0.25) is 0 Å². The van der Waals surface area contributed by atoms with Gasteiger partial charge in [-0.05, 0) is 22.4 Å². The van der Waals surface area contributed by atoms with Gasteiger partial charge in [0.2, 0.25) is 0 Å². The first-order chi connectivity index (χ1) is 5.42. The van der Waals surface area contributed by atoms with E-state index in [2.05, 4.69) is 22.1 Å². The zero-order valence-corrected chi connectivity index (χ0v) is 5.65. The molecule has 0 fully saturated rings. The first-order valence-electron chi connectivity index (χ1n) is 3.05. The third kappa shape index (κ3) is 0.832. The van der Waals surface area contributed by atoms with Gasteiger partial charge < -0.3 is 4.74 Å². The fourth-order valence-corrected chi connectivity index (χ4v) is 0.898. The molecule has 2 aromatic rings. The minimum absolute atomic E-state index is 0.573. The Balaban J connectivity index is 2.79. The number of hydrogen-bond donors (Lipinski definition) is 0. The first-order valence-corrected chi connectivity index (χ1v) is 3.05. The van der Waals surface area contributed by atoms with Crippen LogP contribution < -0.4 is 4.74 Å². The Hall–Kier alpha value is -1.58. The van der Waals surface area contributed by atoms with Gasteiger partial charge in [-0.2, -0.15) is 0 Å². The van der Waals surface area contributed by atoms with Crippen LogP contribution in [0.25, 0.3) is 11.0 Å². The molecule has 0 atom stereocenters. The van der Waals surface area contributed by atoms with E-state index in [9.17, 15) is 0 Å². The van der Waals surface area contributed by atoms with E-state index < -0.39 is 0 Å². The summed E-state index contributed by atoms with van der Waals surface area (Å²) in [4.78, 5) is 0. The number of fused-ring (bicyclic) bond motifs is 1. The van der Waals surface area contributed by atoms with Gasteiger partial charge in [0.1, 0.15) is 12.6 Å². The largest absolute Gasteiger partial charge is 0.488 e. The van der Waals surface area contributed by atoms with Crippen LogP contribution in [0.5, 0.6) is 5.75 Å². The number of nitrogens with zero attached hydrogens (tertiary/aromatic N) is 2. The van der Waals surface area contributed by atoms with Crippen LogP contribution in [0.3, 0.4) is 0 Å². The van der Waals surface area contributed by atoms with Crippen molar-refractivity contribution in [2.45, 2.75) is 0 Å². The van der Waals surface area contributed by atoms with Crippen LogP contribution in [0.2, 0.25) is 0 Å². The topological polar surface area (TPSA) is 48.2 Å². The Bertz CT molecular complexity index is 369. The predicted octanol–water partition coefficient (Wildman–Crippen LogP) is 1.39. The van der Waals surface area contributed by atoms with Crippen molar-refractivity contribution in [3.63, 3.8) is 0 Å². The van der Waals surface area contributed by atoms with E-state index in [1.54, 1.807) is 18.2 Å². The van der Waals surface area contributed by atoms with Crippen LogP contribution in [-0.2, 0) is 0 Å². The Kier molecular flexibility index (Phi) is 1.25. The Labute approximate surface area is 62.7 Å². The van der Waals surface area contributed by atoms with Crippen LogP contribution in [0.1, 0.15) is 0 Å². The van der Waals surface area contributed by atoms with Crippen molar-refractivity contribution in [1.82, 2.24) is 10.3 Å². The van der Waals surface area contributed by atoms with Crippen LogP contribution in [-0.4, -0.2) is 10.3 Å². The molecule has 55 valence electrons. The standard InChI is InChI=1S/C7H5N2O2/c1-10-6-4-2-3-5-7(6)9-11-8-5/h2-4H,1H2. The molecule has 2 rings (SSSR count). The summed E-state index contributed by atoms with van der Waals surface area (Å²) in [5, 5.41) is 7.27. The lowest BCUT2D eigenvalue weighted by Gasteiger charge is -1.95. The molecule has 0 saturated carbocycles. The van der Waals surface area contributed by atoms with Gasteiger partial charge in [0.05, 0.1) is 0 Å². The molecular weight excluding hydrogens is 144 g/mol. The molecule has 1 aromatic carbocycles. The third-order valence-corrected chi connectivity index (χ3v) is 1.40. The Morgan fingerprint density at radius 1 is 1.36 bits per heavy atom. The second-order valence-electron chi connectivity index (χ2n) is 2.03. The molecular formula is C7H5N2O2. The van der Waals surface area contributed by atoms with Gasteiger partial charge in [-0.15, -0.1) is 0 Å². The minimum Gasteiger partial charge on any atom is -0.488 e. The van der Waals surface area contributed by atoms with Crippen LogP contribution in [0, 0.1) is 7.11 Å². The predicted molar refractivity (Wildman–Crippen MR) is 37.8 cm³/mol. The van der Waals surface area contributed by atoms with Gasteiger partial charge in [-0.1, -0.05) is 6.07 Å². The summed E-state index contributed by atoms with van der Waals surface area (Å²) in [6, 6.07) is 5.33. The van der Waals surface area contributed by atoms with Gasteiger partial charge in [0.25, 0.3) is 0 Å². The maximum absolute atomic E-state index is 4.77. The molecule has 4 heteroatoms. The molecule has 1 radical (unpaired) electrons. The molecule has 11 heavy (non-hydrogen) atoms. The van der Waals surface area contributed by atoms with Gasteiger partial charge in [-0.25, -0.2) is 4.63 Å². The smallest absolute Gasteiger partial charge is 0.177 e. The van der Waals surface area contributed by atoms with Crippen molar-refractivity contribution < 1.29 is 9.37 Å². The summed E-state index contributed by atoms with van der Waals surface area (Å²) in [7, 11) is 3.28. The second kappa shape index (κ2) is 2.23. The molecule has 0 spiro atoms. The lowest BCUT2D eigenvalue weighted by Crippen LogP contribution is -1.80. The van der Waals surface area contributed by atoms with Crippen molar-refractivity contribution in [3.8, 4) is 5.75 Å². The minimum atomic E-state index is 0.573. The zero-order valence-electron chi connectivity index (χ0n) is 5.65. The summed E-state index contributed by atoms with van der Waals surface area (Å²) in [5.41, 5.74) is 1.27. The summed E-state index contributed by atoms with van der Waals surface area (Å²) >= 11 is 0. The van der Waals surface area contributed by atoms with E-state index in [1.807, 2.05) is 0 Å². The third-order valence-electron chi connectivity index (χ3n) is 1.40. The zero-order chi connectivity index (χ0) is 7.68. The van der Waals surface area contributed by atoms with Crippen molar-refractivity contribution >= 4 is 11.0 Å². The molecule has 0 aliphatic rings. The molecule has 0 amide bonds. The summed E-state index contributed by atoms with van der Waals surface area (Å²) in [6.07, 6.45) is 0. The highest BCUT2D eigenvalue weighted by Gasteiger charge is 2.04. The van der Waals surface area contributed by atoms with E-state index >= 15 is 0 Å². The highest BCUT2D eigenvalue weighted by molar-refractivity contribution is 5.79. The fourth-order valence-electron chi connectivity index (χ4n) is 0.898. The maximum Gasteiger partial charge on any atom is 0.177 e. The van der Waals surface area contributed by atoms with Crippen LogP contribution in [0.4, 0.5) is 0 Å². The van der Waals surface area contributed by atoms with E-state index in [1.165, 1.54) is 0 Å². The fraction of sp³-hybridized carbons (Fsp3) is 0. The number of rotatable bonds is 1. The average molecular weight is 149 g/mol. The highest BCUT2D eigenvalue weighted by atomic mass is 16.6. The van der Waals surface area contributed by atoms with E-state index in [0.29, 0.717) is 16.8 Å². The maximum atomic E-state index is 4.77. The van der Waals surface area contributed by atoms with Gasteiger partial charge in [0.15, 0.2) is 11.3 Å². The number of hydrogen-bond acceptors (Lipinski definition) is 4. The Morgan fingerprint density at radius 2 is 2.27 bits per heavy atom. The molecule has 0 saturated heterocycles. The SMILES string of the molecule is [CH2]Oc1cccc2nonc12. The van der Waals surface area contributed by atoms with E-state index in [4.69, 9.17) is 4.74 Å². The molecule has 1 aromatic heterocycles. The molecule has 1 heterocycles. The summed E-state index contributed by atoms with van der Waals surface area (Å²) in [6.45, 7) is 0. The molecule has 0 bridgehead atoms. The van der Waals surface area contributed by atoms with Crippen molar-refractivity contribution in [2.75, 3.05) is 0 Å². The van der Waals surface area contributed by atoms with E-state index in [-0.39, 0.29) is 0 Å². The van der Waals surface area contributed by atoms with Gasteiger partial charge in [0, 0.05) is 0 Å². The second-order valence-corrected chi connectivity index (χ2v) is 2.03. The first kappa shape index (κ1) is 6.15. The summed E-state index contributed by atoms with van der Waals surface area (Å²) in [5.74, 6) is 0.573. The van der Waals surface area contributed by atoms with Crippen molar-refractivity contribution in [2.24, 2.45) is 0 Å². The van der Waals surface area contributed by atoms with Crippen LogP contribution in [0.15, 0.2) is 22.8 Å². The normalized spacial score (nSPS) is 10.3. The lowest BCUT2D eigenvalue weighted by atomic mass is 10.3. The van der Waals surface area contributed by atoms with Crippen molar-refractivity contribution in [3.05, 3.63) is 25.3 Å². The number of aromatic nitrogens is 2. The molecule has 0 aliphatic heterocycles. The average Bonchev–Trinajstić information content (AvgIpc) is 2.50. The molecule has 0 aliphatic carbocycles. The molecule has 0 N–H and O–H groups in total. The number of ether oxygens (including phenoxy) is 1. The highest BCUT2D eigenvalue weighted by Crippen LogP contribution is 2.21. The molecule has 4 nitrogen and oxygen atoms in total. The van der Waals surface area contributed by atoms with Crippen molar-refractivity contribution in [1.29, 1.82) is 0 Å². The van der Waals surface area contributed by atoms with Gasteiger partial charge >= 0.3 is 0 Å². The van der Waals surface area contributed by atoms with Crippen LogP contribution >= 0.6 is 0 Å². The molecule has 0 unspecified atom stereocenters. The van der Waals surface area contributed by atoms with E-state index in [0.717, 1.165) is 0 Å². The quantitative estimate of drug-likeness (QED) is 0.614. The Morgan fingerprint density at radius 3 is 3.09 bits per heavy atom. The number of benzene rings is 1.